The number of nitrogens with one attached hydrogen (secondary N) is 1. The minimum absolute atomic E-state index is 0.168. The highest BCUT2D eigenvalue weighted by Gasteiger charge is 2.37. The Morgan fingerprint density at radius 2 is 1.51 bits per heavy atom. The maximum absolute atomic E-state index is 13.8. The van der Waals surface area contributed by atoms with E-state index in [0.717, 1.165) is 17.0 Å². The van der Waals surface area contributed by atoms with Gasteiger partial charge in [0, 0.05) is 17.6 Å². The van der Waals surface area contributed by atoms with E-state index in [0.29, 0.717) is 21.0 Å². The Balaban J connectivity index is 2.12. The largest absolute Gasteiger partial charge is 0.417 e. The standard InChI is InChI=1S/C28H28Cl2F3N3O4S/c1-18(2)34-27(38)19(3)35(16-20-9-7-8-12-24(20)29)26(37)17-36(41(39,40)22-10-5-4-6-11-22)21-13-14-25(30)23(15-21)28(31,32)33/h4-15,18-19H,16-17H2,1-3H3,(H,34,38). The Kier molecular flexibility index (Phi) is 10.3. The molecule has 1 unspecified atom stereocenters. The van der Waals surface area contributed by atoms with Crippen molar-refractivity contribution >= 4 is 50.7 Å². The Hall–Kier alpha value is -3.28. The molecular weight excluding hydrogens is 602 g/mol. The van der Waals surface area contributed by atoms with Crippen LogP contribution in [-0.4, -0.2) is 43.8 Å². The molecule has 0 saturated heterocycles. The van der Waals surface area contributed by atoms with Gasteiger partial charge in [-0.2, -0.15) is 13.2 Å². The smallest absolute Gasteiger partial charge is 0.352 e. The van der Waals surface area contributed by atoms with E-state index >= 15 is 0 Å². The SMILES string of the molecule is CC(C)NC(=O)C(C)N(Cc1ccccc1Cl)C(=O)CN(c1ccc(Cl)c(C(F)(F)F)c1)S(=O)(=O)c1ccccc1. The summed E-state index contributed by atoms with van der Waals surface area (Å²) in [4.78, 5) is 27.7. The average Bonchev–Trinajstić information content (AvgIpc) is 2.90. The third-order valence-electron chi connectivity index (χ3n) is 6.05. The summed E-state index contributed by atoms with van der Waals surface area (Å²) in [5, 5.41) is 2.39. The molecule has 220 valence electrons. The van der Waals surface area contributed by atoms with Gasteiger partial charge in [0.15, 0.2) is 0 Å². The minimum Gasteiger partial charge on any atom is -0.352 e. The quantitative estimate of drug-likeness (QED) is 0.291. The molecule has 3 aromatic rings. The van der Waals surface area contributed by atoms with Crippen LogP contribution in [0.4, 0.5) is 18.9 Å². The van der Waals surface area contributed by atoms with Crippen LogP contribution in [0.3, 0.4) is 0 Å². The molecular formula is C28H28Cl2F3N3O4S. The number of carbonyl (C=O) groups excluding carboxylic acids is 2. The van der Waals surface area contributed by atoms with Crippen LogP contribution >= 0.6 is 23.2 Å². The first-order valence-electron chi connectivity index (χ1n) is 12.4. The van der Waals surface area contributed by atoms with Gasteiger partial charge in [0.25, 0.3) is 10.0 Å². The van der Waals surface area contributed by atoms with E-state index in [9.17, 15) is 31.2 Å². The molecule has 0 bridgehead atoms. The number of alkyl halides is 3. The molecule has 13 heteroatoms. The summed E-state index contributed by atoms with van der Waals surface area (Å²) >= 11 is 12.1. The maximum Gasteiger partial charge on any atom is 0.417 e. The number of benzene rings is 3. The van der Waals surface area contributed by atoms with Crippen molar-refractivity contribution in [2.75, 3.05) is 10.8 Å². The van der Waals surface area contributed by atoms with E-state index in [-0.39, 0.29) is 17.5 Å². The fraction of sp³-hybridized carbons (Fsp3) is 0.286. The lowest BCUT2D eigenvalue weighted by Gasteiger charge is -2.32. The fourth-order valence-electron chi connectivity index (χ4n) is 3.93. The second kappa shape index (κ2) is 13.1. The predicted octanol–water partition coefficient (Wildman–Crippen LogP) is 6.15. The van der Waals surface area contributed by atoms with Crippen LogP contribution < -0.4 is 9.62 Å². The Morgan fingerprint density at radius 1 is 0.902 bits per heavy atom. The lowest BCUT2D eigenvalue weighted by molar-refractivity contribution is -0.139. The van der Waals surface area contributed by atoms with Gasteiger partial charge in [0.05, 0.1) is 21.2 Å². The number of rotatable bonds is 10. The predicted molar refractivity (Wildman–Crippen MR) is 152 cm³/mol. The molecule has 0 aliphatic rings. The zero-order chi connectivity index (χ0) is 30.5. The van der Waals surface area contributed by atoms with Crippen LogP contribution in [0.1, 0.15) is 31.9 Å². The molecule has 0 heterocycles. The van der Waals surface area contributed by atoms with Gasteiger partial charge in [-0.25, -0.2) is 8.42 Å². The van der Waals surface area contributed by atoms with Gasteiger partial charge >= 0.3 is 6.18 Å². The number of halogens is 5. The molecule has 7 nitrogen and oxygen atoms in total. The second-order valence-corrected chi connectivity index (χ2v) is 12.1. The van der Waals surface area contributed by atoms with Crippen LogP contribution in [0.25, 0.3) is 0 Å². The Bertz CT molecular complexity index is 1500. The molecule has 0 fully saturated rings. The first-order valence-corrected chi connectivity index (χ1v) is 14.6. The van der Waals surface area contributed by atoms with Crippen LogP contribution in [0, 0.1) is 0 Å². The molecule has 0 aliphatic carbocycles. The minimum atomic E-state index is -4.89. The van der Waals surface area contributed by atoms with Crippen molar-refractivity contribution in [2.24, 2.45) is 0 Å². The van der Waals surface area contributed by atoms with Crippen molar-refractivity contribution in [3.05, 3.63) is 94.0 Å². The first kappa shape index (κ1) is 32.2. The fourth-order valence-corrected chi connectivity index (χ4v) is 5.78. The molecule has 0 aromatic heterocycles. The van der Waals surface area contributed by atoms with Crippen LogP contribution in [-0.2, 0) is 32.3 Å². The maximum atomic E-state index is 13.8. The van der Waals surface area contributed by atoms with E-state index in [4.69, 9.17) is 23.2 Å². The monoisotopic (exact) mass is 629 g/mol. The Morgan fingerprint density at radius 3 is 2.10 bits per heavy atom. The molecule has 0 spiro atoms. The van der Waals surface area contributed by atoms with E-state index in [1.807, 2.05) is 0 Å². The zero-order valence-corrected chi connectivity index (χ0v) is 24.7. The van der Waals surface area contributed by atoms with Crippen molar-refractivity contribution in [1.82, 2.24) is 10.2 Å². The zero-order valence-electron chi connectivity index (χ0n) is 22.3. The topological polar surface area (TPSA) is 86.8 Å². The highest BCUT2D eigenvalue weighted by atomic mass is 35.5. The molecule has 3 aromatic carbocycles. The van der Waals surface area contributed by atoms with Gasteiger partial charge in [-0.05, 0) is 62.7 Å². The molecule has 1 N–H and O–H groups in total. The summed E-state index contributed by atoms with van der Waals surface area (Å²) in [5.41, 5.74) is -1.22. The third-order valence-corrected chi connectivity index (χ3v) is 8.54. The molecule has 0 radical (unpaired) electrons. The normalized spacial score (nSPS) is 12.6. The molecule has 41 heavy (non-hydrogen) atoms. The number of anilines is 1. The molecule has 3 rings (SSSR count). The number of sulfonamides is 1. The lowest BCUT2D eigenvalue weighted by atomic mass is 10.1. The summed E-state index contributed by atoms with van der Waals surface area (Å²) in [7, 11) is -4.55. The Labute approximate surface area is 246 Å². The summed E-state index contributed by atoms with van der Waals surface area (Å²) in [5.74, 6) is -1.36. The van der Waals surface area contributed by atoms with Gasteiger partial charge in [-0.3, -0.25) is 13.9 Å². The van der Waals surface area contributed by atoms with E-state index in [1.165, 1.54) is 31.2 Å². The molecule has 0 saturated carbocycles. The van der Waals surface area contributed by atoms with Gasteiger partial charge in [0.1, 0.15) is 12.6 Å². The molecule has 2 amide bonds. The third kappa shape index (κ3) is 7.93. The van der Waals surface area contributed by atoms with Gasteiger partial charge < -0.3 is 10.2 Å². The number of hydrogen-bond acceptors (Lipinski definition) is 4. The first-order chi connectivity index (χ1) is 19.1. The van der Waals surface area contributed by atoms with Crippen LogP contribution in [0.15, 0.2) is 77.7 Å². The lowest BCUT2D eigenvalue weighted by Crippen LogP contribution is -2.52. The molecule has 0 aliphatic heterocycles. The highest BCUT2D eigenvalue weighted by molar-refractivity contribution is 7.92. The van der Waals surface area contributed by atoms with Gasteiger partial charge in [-0.15, -0.1) is 0 Å². The van der Waals surface area contributed by atoms with Crippen molar-refractivity contribution in [3.8, 4) is 0 Å². The highest BCUT2D eigenvalue weighted by Crippen LogP contribution is 2.38. The van der Waals surface area contributed by atoms with E-state index in [2.05, 4.69) is 5.32 Å². The molecule has 1 atom stereocenters. The number of amides is 2. The number of carbonyl (C=O) groups is 2. The van der Waals surface area contributed by atoms with Crippen molar-refractivity contribution < 1.29 is 31.2 Å². The summed E-state index contributed by atoms with van der Waals surface area (Å²) in [6.45, 7) is 3.85. The van der Waals surface area contributed by atoms with Crippen molar-refractivity contribution in [3.63, 3.8) is 0 Å². The summed E-state index contributed by atoms with van der Waals surface area (Å²) in [6, 6.07) is 14.8. The van der Waals surface area contributed by atoms with Crippen LogP contribution in [0.2, 0.25) is 10.0 Å². The van der Waals surface area contributed by atoms with Gasteiger partial charge in [-0.1, -0.05) is 59.6 Å². The average molecular weight is 631 g/mol. The van der Waals surface area contributed by atoms with Crippen molar-refractivity contribution in [1.29, 1.82) is 0 Å². The summed E-state index contributed by atoms with van der Waals surface area (Å²) < 4.78 is 69.1. The van der Waals surface area contributed by atoms with Crippen molar-refractivity contribution in [2.45, 2.75) is 50.5 Å². The second-order valence-electron chi connectivity index (χ2n) is 9.44. The van der Waals surface area contributed by atoms with E-state index in [1.54, 1.807) is 44.2 Å². The summed E-state index contributed by atoms with van der Waals surface area (Å²) in [6.07, 6.45) is -4.89. The van der Waals surface area contributed by atoms with E-state index < -0.39 is 56.9 Å². The van der Waals surface area contributed by atoms with Gasteiger partial charge in [0.2, 0.25) is 11.8 Å². The number of nitrogens with zero attached hydrogens (tertiary/aromatic N) is 2. The number of hydrogen-bond donors (Lipinski definition) is 1. The van der Waals surface area contributed by atoms with Crippen LogP contribution in [0.5, 0.6) is 0 Å².